The molecule has 2 atom stereocenters. The second-order valence-electron chi connectivity index (χ2n) is 7.31. The number of nitrogens with zero attached hydrogens (tertiary/aromatic N) is 3. The first kappa shape index (κ1) is 17.2. The van der Waals surface area contributed by atoms with Crippen LogP contribution < -0.4 is 11.1 Å². The summed E-state index contributed by atoms with van der Waals surface area (Å²) in [7, 11) is 0. The SMILES string of the molecule is N[C@@H]1CCN(Cc2c[nH]c3ncnc(Nc4ccc5occc5c4)c23)C[C@H]1O. The molecular weight excluding hydrogens is 356 g/mol. The monoisotopic (exact) mass is 378 g/mol. The van der Waals surface area contributed by atoms with Gasteiger partial charge in [-0.25, -0.2) is 9.97 Å². The van der Waals surface area contributed by atoms with Crippen molar-refractivity contribution in [1.82, 2.24) is 19.9 Å². The van der Waals surface area contributed by atoms with E-state index in [1.54, 1.807) is 12.6 Å². The largest absolute Gasteiger partial charge is 0.464 e. The third kappa shape index (κ3) is 3.11. The molecule has 1 aliphatic heterocycles. The van der Waals surface area contributed by atoms with E-state index >= 15 is 0 Å². The molecule has 0 saturated carbocycles. The number of nitrogens with two attached hydrogens (primary N) is 1. The summed E-state index contributed by atoms with van der Waals surface area (Å²) in [6, 6.07) is 7.73. The van der Waals surface area contributed by atoms with Crippen LogP contribution in [0.3, 0.4) is 0 Å². The highest BCUT2D eigenvalue weighted by Crippen LogP contribution is 2.29. The number of H-pyrrole nitrogens is 1. The van der Waals surface area contributed by atoms with Crippen molar-refractivity contribution in [1.29, 1.82) is 0 Å². The van der Waals surface area contributed by atoms with E-state index in [-0.39, 0.29) is 6.04 Å². The fourth-order valence-electron chi connectivity index (χ4n) is 3.83. The summed E-state index contributed by atoms with van der Waals surface area (Å²) >= 11 is 0. The number of β-amino-alcohol motifs (C(OH)–C–C–N with tert-alkyl or cyclic N) is 1. The molecular formula is C20H22N6O2. The minimum absolute atomic E-state index is 0.141. The molecule has 1 aliphatic rings. The van der Waals surface area contributed by atoms with E-state index in [9.17, 15) is 5.11 Å². The van der Waals surface area contributed by atoms with Crippen molar-refractivity contribution in [3.05, 3.63) is 48.6 Å². The zero-order valence-electron chi connectivity index (χ0n) is 15.3. The summed E-state index contributed by atoms with van der Waals surface area (Å²) < 4.78 is 5.41. The molecule has 5 rings (SSSR count). The second kappa shape index (κ2) is 6.90. The van der Waals surface area contributed by atoms with Gasteiger partial charge in [-0.2, -0.15) is 0 Å². The number of hydrogen-bond donors (Lipinski definition) is 4. The number of hydrogen-bond acceptors (Lipinski definition) is 7. The Morgan fingerprint density at radius 1 is 1.32 bits per heavy atom. The van der Waals surface area contributed by atoms with Gasteiger partial charge in [-0.1, -0.05) is 0 Å². The molecule has 1 aromatic carbocycles. The van der Waals surface area contributed by atoms with Gasteiger partial charge in [-0.05, 0) is 36.2 Å². The molecule has 0 radical (unpaired) electrons. The van der Waals surface area contributed by atoms with Crippen molar-refractivity contribution >= 4 is 33.5 Å². The molecule has 5 N–H and O–H groups in total. The van der Waals surface area contributed by atoms with Gasteiger partial charge in [0.05, 0.1) is 17.8 Å². The Labute approximate surface area is 161 Å². The number of rotatable bonds is 4. The number of fused-ring (bicyclic) bond motifs is 2. The van der Waals surface area contributed by atoms with Gasteiger partial charge in [-0.15, -0.1) is 0 Å². The number of benzene rings is 1. The minimum Gasteiger partial charge on any atom is -0.464 e. The highest BCUT2D eigenvalue weighted by atomic mass is 16.3. The Hall–Kier alpha value is -2.94. The highest BCUT2D eigenvalue weighted by Gasteiger charge is 2.25. The molecule has 1 saturated heterocycles. The van der Waals surface area contributed by atoms with E-state index in [2.05, 4.69) is 25.2 Å². The summed E-state index contributed by atoms with van der Waals surface area (Å²) in [6.45, 7) is 2.13. The molecule has 4 aromatic rings. The number of anilines is 2. The minimum atomic E-state index is -0.491. The number of aromatic nitrogens is 3. The lowest BCUT2D eigenvalue weighted by atomic mass is 10.0. The van der Waals surface area contributed by atoms with Crippen molar-refractivity contribution < 1.29 is 9.52 Å². The number of piperidine rings is 1. The first-order valence-electron chi connectivity index (χ1n) is 9.38. The number of aromatic amines is 1. The quantitative estimate of drug-likeness (QED) is 0.431. The van der Waals surface area contributed by atoms with Crippen LogP contribution in [0.1, 0.15) is 12.0 Å². The third-order valence-electron chi connectivity index (χ3n) is 5.38. The molecule has 144 valence electrons. The summed E-state index contributed by atoms with van der Waals surface area (Å²) in [6.07, 6.45) is 5.49. The number of nitrogens with one attached hydrogen (secondary N) is 2. The van der Waals surface area contributed by atoms with Gasteiger partial charge in [0.15, 0.2) is 0 Å². The Morgan fingerprint density at radius 2 is 2.25 bits per heavy atom. The van der Waals surface area contributed by atoms with Crippen LogP contribution in [0.5, 0.6) is 0 Å². The van der Waals surface area contributed by atoms with Gasteiger partial charge in [0, 0.05) is 42.9 Å². The summed E-state index contributed by atoms with van der Waals surface area (Å²) in [4.78, 5) is 14.3. The van der Waals surface area contributed by atoms with Crippen LogP contribution in [-0.4, -0.2) is 50.2 Å². The highest BCUT2D eigenvalue weighted by molar-refractivity contribution is 5.93. The maximum Gasteiger partial charge on any atom is 0.143 e. The van der Waals surface area contributed by atoms with E-state index in [1.807, 2.05) is 30.5 Å². The standard InChI is InChI=1S/C20H22N6O2/c21-15-3-5-26(10-16(15)27)9-13-8-22-19-18(13)20(24-11-23-19)25-14-1-2-17-12(7-14)4-6-28-17/h1-2,4,6-8,11,15-16,27H,3,5,9-10,21H2,(H2,22,23,24,25)/t15-,16-/m1/s1. The summed E-state index contributed by atoms with van der Waals surface area (Å²) in [5.41, 5.74) is 9.58. The van der Waals surface area contributed by atoms with Crippen molar-refractivity contribution in [3.8, 4) is 0 Å². The Bertz CT molecular complexity index is 1120. The van der Waals surface area contributed by atoms with Crippen LogP contribution in [0.4, 0.5) is 11.5 Å². The predicted octanol–water partition coefficient (Wildman–Crippen LogP) is 2.34. The maximum absolute atomic E-state index is 10.1. The number of furan rings is 1. The van der Waals surface area contributed by atoms with Crippen molar-refractivity contribution in [2.24, 2.45) is 5.73 Å². The first-order chi connectivity index (χ1) is 13.7. The Kier molecular flexibility index (Phi) is 4.23. The normalized spacial score (nSPS) is 20.8. The lowest BCUT2D eigenvalue weighted by Gasteiger charge is -2.33. The van der Waals surface area contributed by atoms with Crippen LogP contribution in [0.25, 0.3) is 22.0 Å². The number of likely N-dealkylation sites (tertiary alicyclic amines) is 1. The molecule has 0 bridgehead atoms. The number of aliphatic hydroxyl groups excluding tert-OH is 1. The molecule has 28 heavy (non-hydrogen) atoms. The van der Waals surface area contributed by atoms with Crippen LogP contribution in [0.2, 0.25) is 0 Å². The van der Waals surface area contributed by atoms with Crippen molar-refractivity contribution in [2.45, 2.75) is 25.1 Å². The smallest absolute Gasteiger partial charge is 0.143 e. The molecule has 0 spiro atoms. The zero-order valence-corrected chi connectivity index (χ0v) is 15.3. The van der Waals surface area contributed by atoms with E-state index < -0.39 is 6.10 Å². The Balaban J connectivity index is 1.45. The molecule has 8 nitrogen and oxygen atoms in total. The molecule has 0 unspecified atom stereocenters. The fraction of sp³-hybridized carbons (Fsp3) is 0.300. The molecule has 8 heteroatoms. The average Bonchev–Trinajstić information content (AvgIpc) is 3.32. The molecule has 0 aliphatic carbocycles. The second-order valence-corrected chi connectivity index (χ2v) is 7.31. The van der Waals surface area contributed by atoms with Gasteiger partial charge in [0.1, 0.15) is 23.4 Å². The lowest BCUT2D eigenvalue weighted by Crippen LogP contribution is -2.50. The lowest BCUT2D eigenvalue weighted by molar-refractivity contribution is 0.0501. The third-order valence-corrected chi connectivity index (χ3v) is 5.38. The summed E-state index contributed by atoms with van der Waals surface area (Å²) in [5.74, 6) is 0.748. The van der Waals surface area contributed by atoms with E-state index in [4.69, 9.17) is 10.2 Å². The van der Waals surface area contributed by atoms with Gasteiger partial charge in [0.2, 0.25) is 0 Å². The van der Waals surface area contributed by atoms with Crippen molar-refractivity contribution in [2.75, 3.05) is 18.4 Å². The topological polar surface area (TPSA) is 116 Å². The Morgan fingerprint density at radius 3 is 3.14 bits per heavy atom. The predicted molar refractivity (Wildman–Crippen MR) is 107 cm³/mol. The van der Waals surface area contributed by atoms with E-state index in [1.165, 1.54) is 0 Å². The van der Waals surface area contributed by atoms with E-state index in [0.29, 0.717) is 13.1 Å². The summed E-state index contributed by atoms with van der Waals surface area (Å²) in [5, 5.41) is 15.5. The molecule has 1 fully saturated rings. The fourth-order valence-corrected chi connectivity index (χ4v) is 3.83. The first-order valence-corrected chi connectivity index (χ1v) is 9.38. The van der Waals surface area contributed by atoms with Gasteiger partial charge < -0.3 is 25.6 Å². The molecule has 4 heterocycles. The molecule has 0 amide bonds. The van der Waals surface area contributed by atoms with Gasteiger partial charge in [-0.3, -0.25) is 4.90 Å². The van der Waals surface area contributed by atoms with Gasteiger partial charge in [0.25, 0.3) is 0 Å². The van der Waals surface area contributed by atoms with Crippen LogP contribution in [0.15, 0.2) is 47.5 Å². The van der Waals surface area contributed by atoms with Gasteiger partial charge >= 0.3 is 0 Å². The zero-order chi connectivity index (χ0) is 19.1. The van der Waals surface area contributed by atoms with Crippen LogP contribution in [0, 0.1) is 0 Å². The van der Waals surface area contributed by atoms with E-state index in [0.717, 1.165) is 52.0 Å². The average molecular weight is 378 g/mol. The van der Waals surface area contributed by atoms with Crippen LogP contribution in [-0.2, 0) is 6.54 Å². The maximum atomic E-state index is 10.1. The van der Waals surface area contributed by atoms with Crippen molar-refractivity contribution in [3.63, 3.8) is 0 Å². The van der Waals surface area contributed by atoms with Crippen LogP contribution >= 0.6 is 0 Å². The molecule has 3 aromatic heterocycles. The number of aliphatic hydroxyl groups is 1.